The molecule has 0 radical (unpaired) electrons. The second-order valence-corrected chi connectivity index (χ2v) is 19.9. The molecule has 0 fully saturated rings. The van der Waals surface area contributed by atoms with Gasteiger partial charge in [-0.1, -0.05) is 101 Å². The number of primary amides is 1. The molecule has 2 rings (SSSR count). The highest BCUT2D eigenvalue weighted by atomic mass is 35.5. The predicted octanol–water partition coefficient (Wildman–Crippen LogP) is 1.58. The van der Waals surface area contributed by atoms with Crippen LogP contribution in [0.2, 0.25) is 5.02 Å². The summed E-state index contributed by atoms with van der Waals surface area (Å²) in [4.78, 5) is 143. The lowest BCUT2D eigenvalue weighted by molar-refractivity contribution is -0.139. The number of rotatable bonds is 33. The Bertz CT molecular complexity index is 2360. The van der Waals surface area contributed by atoms with Crippen LogP contribution in [0.5, 0.6) is 0 Å². The van der Waals surface area contributed by atoms with Crippen molar-refractivity contribution in [1.82, 2.24) is 47.9 Å². The standard InChI is InChI=1S/C52H77ClN10O15/c1-9-30(3)42(48(72)57-26-41(66)67)63-49(73)43(31(4)10-2)62-44(68)32(5)58-40(65)25-56-45(69)36(22-16-17-23-55-50(74)77-28-34-20-14-15-21-35(34)53)59-46(70)37(24-39(54)64)60-47(71)38(61-51(75)78-52(6,7)8)29-76-27-33-18-12-11-13-19-33/h11-15,18-21,30-32,36-38,42-43H,9-10,16-17,22-29H2,1-8H3,(H2,54,64)(H,55,74)(H,56,69)(H,57,72)(H,58,65)(H,59,70)(H,60,71)(H,61,75)(H,62,68)(H,63,73)(H,66,67)/t30?,31?,32-,36-,37-,38-,42-,43-/m0/s1. The minimum Gasteiger partial charge on any atom is -0.480 e. The van der Waals surface area contributed by atoms with E-state index in [0.29, 0.717) is 23.4 Å². The number of hydrogen-bond acceptors (Lipinski definition) is 14. The van der Waals surface area contributed by atoms with Crippen molar-refractivity contribution in [2.75, 3.05) is 26.2 Å². The summed E-state index contributed by atoms with van der Waals surface area (Å²) in [6.45, 7) is 11.2. The van der Waals surface area contributed by atoms with Crippen LogP contribution in [0.4, 0.5) is 9.59 Å². The Hall–Kier alpha value is -7.54. The summed E-state index contributed by atoms with van der Waals surface area (Å²) < 4.78 is 16.3. The molecule has 25 nitrogen and oxygen atoms in total. The lowest BCUT2D eigenvalue weighted by Crippen LogP contribution is -2.60. The van der Waals surface area contributed by atoms with Crippen molar-refractivity contribution in [1.29, 1.82) is 0 Å². The first-order valence-electron chi connectivity index (χ1n) is 25.6. The second-order valence-electron chi connectivity index (χ2n) is 19.4. The van der Waals surface area contributed by atoms with Gasteiger partial charge in [0.15, 0.2) is 0 Å². The molecule has 12 N–H and O–H groups in total. The van der Waals surface area contributed by atoms with E-state index in [9.17, 15) is 52.7 Å². The number of alkyl carbamates (subject to hydrolysis) is 2. The molecule has 2 aromatic carbocycles. The zero-order chi connectivity index (χ0) is 58.5. The molecule has 0 heterocycles. The molecule has 2 aromatic rings. The van der Waals surface area contributed by atoms with E-state index >= 15 is 0 Å². The molecule has 8 atom stereocenters. The summed E-state index contributed by atoms with van der Waals surface area (Å²) in [6, 6.07) is 7.44. The minimum absolute atomic E-state index is 0.0324. The van der Waals surface area contributed by atoms with E-state index in [-0.39, 0.29) is 39.0 Å². The van der Waals surface area contributed by atoms with Crippen LogP contribution < -0.4 is 53.6 Å². The lowest BCUT2D eigenvalue weighted by atomic mass is 9.94. The second kappa shape index (κ2) is 34.3. The van der Waals surface area contributed by atoms with Gasteiger partial charge >= 0.3 is 18.2 Å². The van der Waals surface area contributed by atoms with Gasteiger partial charge in [0.05, 0.1) is 26.2 Å². The van der Waals surface area contributed by atoms with Crippen molar-refractivity contribution >= 4 is 77.0 Å². The average molecular weight is 1120 g/mol. The first kappa shape index (κ1) is 66.6. The van der Waals surface area contributed by atoms with Gasteiger partial charge in [0.2, 0.25) is 47.3 Å². The van der Waals surface area contributed by atoms with E-state index in [2.05, 4.69) is 47.9 Å². The fourth-order valence-corrected chi connectivity index (χ4v) is 7.24. The van der Waals surface area contributed by atoms with E-state index in [1.165, 1.54) is 6.92 Å². The fourth-order valence-electron chi connectivity index (χ4n) is 7.05. The van der Waals surface area contributed by atoms with Crippen molar-refractivity contribution in [2.24, 2.45) is 17.6 Å². The quantitative estimate of drug-likeness (QED) is 0.0452. The molecule has 0 aliphatic heterocycles. The molecule has 0 bridgehead atoms. The van der Waals surface area contributed by atoms with Gasteiger partial charge in [0, 0.05) is 17.1 Å². The third-order valence-corrected chi connectivity index (χ3v) is 12.1. The molecular weight excluding hydrogens is 1040 g/mol. The van der Waals surface area contributed by atoms with Gasteiger partial charge in [0.1, 0.15) is 55.0 Å². The molecule has 26 heteroatoms. The monoisotopic (exact) mass is 1120 g/mol. The summed E-state index contributed by atoms with van der Waals surface area (Å²) in [5, 5.41) is 31.6. The van der Waals surface area contributed by atoms with Crippen molar-refractivity contribution in [2.45, 2.75) is 149 Å². The predicted molar refractivity (Wildman–Crippen MR) is 284 cm³/mol. The number of carboxylic acid groups (broad SMARTS) is 1. The number of unbranched alkanes of at least 4 members (excludes halogenated alkanes) is 1. The third-order valence-electron chi connectivity index (χ3n) is 11.8. The highest BCUT2D eigenvalue weighted by molar-refractivity contribution is 6.31. The summed E-state index contributed by atoms with van der Waals surface area (Å²) in [7, 11) is 0. The highest BCUT2D eigenvalue weighted by Crippen LogP contribution is 2.16. The van der Waals surface area contributed by atoms with Crippen LogP contribution in [0, 0.1) is 11.8 Å². The maximum atomic E-state index is 14.0. The van der Waals surface area contributed by atoms with Gasteiger partial charge in [-0.2, -0.15) is 0 Å². The van der Waals surface area contributed by atoms with Crippen LogP contribution in [-0.2, 0) is 70.6 Å². The maximum Gasteiger partial charge on any atom is 0.408 e. The van der Waals surface area contributed by atoms with E-state index < -0.39 is 145 Å². The van der Waals surface area contributed by atoms with Crippen molar-refractivity contribution in [3.63, 3.8) is 0 Å². The minimum atomic E-state index is -1.71. The van der Waals surface area contributed by atoms with E-state index in [0.717, 1.165) is 5.56 Å². The Morgan fingerprint density at radius 2 is 1.19 bits per heavy atom. The number of nitrogens with two attached hydrogens (primary N) is 1. The fraction of sp³-hybridized carbons (Fsp3) is 0.558. The van der Waals surface area contributed by atoms with Crippen LogP contribution in [0.15, 0.2) is 54.6 Å². The number of halogens is 1. The number of carbonyl (C=O) groups is 11. The molecule has 2 unspecified atom stereocenters. The van der Waals surface area contributed by atoms with Gasteiger partial charge in [-0.25, -0.2) is 9.59 Å². The number of amides is 10. The number of ether oxygens (including phenoxy) is 3. The maximum absolute atomic E-state index is 14.0. The number of carbonyl (C=O) groups excluding carboxylic acids is 10. The molecular formula is C52H77ClN10O15. The van der Waals surface area contributed by atoms with E-state index in [1.54, 1.807) is 103 Å². The molecule has 0 aliphatic carbocycles. The number of hydrogen-bond donors (Lipinski definition) is 11. The molecule has 10 amide bonds. The Morgan fingerprint density at radius 3 is 1.79 bits per heavy atom. The molecule has 432 valence electrons. The summed E-state index contributed by atoms with van der Waals surface area (Å²) in [5.74, 6) is -9.28. The first-order valence-corrected chi connectivity index (χ1v) is 25.9. The molecule has 78 heavy (non-hydrogen) atoms. The Morgan fingerprint density at radius 1 is 0.615 bits per heavy atom. The van der Waals surface area contributed by atoms with E-state index in [4.69, 9.17) is 36.7 Å². The molecule has 0 saturated carbocycles. The van der Waals surface area contributed by atoms with Crippen molar-refractivity contribution < 1.29 is 72.1 Å². The highest BCUT2D eigenvalue weighted by Gasteiger charge is 2.35. The smallest absolute Gasteiger partial charge is 0.408 e. The zero-order valence-corrected chi connectivity index (χ0v) is 46.2. The number of carboxylic acids is 1. The topological polar surface area (TPSA) is 370 Å². The van der Waals surface area contributed by atoms with Gasteiger partial charge in [-0.05, 0) is 70.4 Å². The normalized spacial score (nSPS) is 14.1. The number of benzene rings is 2. The molecule has 0 aliphatic rings. The van der Waals surface area contributed by atoms with Crippen molar-refractivity contribution in [3.8, 4) is 0 Å². The summed E-state index contributed by atoms with van der Waals surface area (Å²) >= 11 is 6.15. The Balaban J connectivity index is 2.26. The van der Waals surface area contributed by atoms with Crippen LogP contribution in [0.25, 0.3) is 0 Å². The van der Waals surface area contributed by atoms with Crippen LogP contribution in [0.1, 0.15) is 105 Å². The Kier molecular flexibility index (Phi) is 29.3. The Labute approximate surface area is 459 Å². The summed E-state index contributed by atoms with van der Waals surface area (Å²) in [6.07, 6.45) is -1.39. The molecule has 0 saturated heterocycles. The third kappa shape index (κ3) is 26.0. The van der Waals surface area contributed by atoms with Gasteiger partial charge in [-0.3, -0.25) is 43.2 Å². The first-order chi connectivity index (χ1) is 36.7. The van der Waals surface area contributed by atoms with Crippen LogP contribution >= 0.6 is 11.6 Å². The van der Waals surface area contributed by atoms with Crippen LogP contribution in [0.3, 0.4) is 0 Å². The zero-order valence-electron chi connectivity index (χ0n) is 45.4. The molecule has 0 spiro atoms. The summed E-state index contributed by atoms with van der Waals surface area (Å²) in [5.41, 5.74) is 5.86. The SMILES string of the molecule is CCC(C)[C@H](NC(=O)[C@H](C)NC(=O)CNC(=O)[C@H](CCCCNC(=O)OCc1ccccc1Cl)NC(=O)[C@H](CC(N)=O)NC(=O)[C@H](COCc1ccccc1)NC(=O)OC(C)(C)C)C(=O)N[C@H](C(=O)NCC(=O)O)C(C)CC. The van der Waals surface area contributed by atoms with Crippen molar-refractivity contribution in [3.05, 3.63) is 70.7 Å². The van der Waals surface area contributed by atoms with Crippen LogP contribution in [-0.4, -0.2) is 139 Å². The number of nitrogens with one attached hydrogen (secondary N) is 9. The van der Waals surface area contributed by atoms with Gasteiger partial charge < -0.3 is 72.9 Å². The molecule has 0 aromatic heterocycles. The largest absolute Gasteiger partial charge is 0.480 e. The lowest BCUT2D eigenvalue weighted by Gasteiger charge is -2.29. The van der Waals surface area contributed by atoms with E-state index in [1.807, 2.05) is 0 Å². The number of aliphatic carboxylic acids is 1. The van der Waals surface area contributed by atoms with Gasteiger partial charge in [-0.15, -0.1) is 0 Å². The van der Waals surface area contributed by atoms with Gasteiger partial charge in [0.25, 0.3) is 0 Å². The average Bonchev–Trinajstić information content (AvgIpc) is 3.38.